The van der Waals surface area contributed by atoms with Crippen LogP contribution in [-0.4, -0.2) is 15.0 Å². The van der Waals surface area contributed by atoms with Crippen LogP contribution in [0.1, 0.15) is 35.7 Å². The van der Waals surface area contributed by atoms with Gasteiger partial charge in [-0.1, -0.05) is 12.1 Å². The first-order valence-corrected chi connectivity index (χ1v) is 9.31. The van der Waals surface area contributed by atoms with Crippen LogP contribution in [-0.2, 0) is 0 Å². The second-order valence-corrected chi connectivity index (χ2v) is 6.73. The first-order chi connectivity index (χ1) is 14.6. The lowest BCUT2D eigenvalue weighted by atomic mass is 10.2. The molecular formula is C22H17N7O. The Morgan fingerprint density at radius 1 is 1.10 bits per heavy atom. The number of nitrogens with zero attached hydrogens (tertiary/aromatic N) is 5. The maximum absolute atomic E-state index is 9.44. The number of hydrogen-bond donors (Lipinski definition) is 2. The van der Waals surface area contributed by atoms with Crippen LogP contribution in [0.4, 0.5) is 17.6 Å². The molecule has 3 N–H and O–H groups in total. The van der Waals surface area contributed by atoms with Crippen LogP contribution in [0.2, 0.25) is 0 Å². The molecular weight excluding hydrogens is 378 g/mol. The molecule has 1 aliphatic rings. The van der Waals surface area contributed by atoms with E-state index in [9.17, 15) is 5.26 Å². The van der Waals surface area contributed by atoms with Gasteiger partial charge in [-0.15, -0.1) is 0 Å². The second-order valence-electron chi connectivity index (χ2n) is 6.73. The standard InChI is InChI=1S/C22H17N7O/c23-10-2-4-14-3-1-5-18(11-14)30-19-12-17(9-8-16(19)13-24)26-22-28-20(15-6-7-15)27-21(25)29-22/h1-5,8-9,11-12,15H,6-7H2,(H3,25,26,27,28,29)/b4-2+. The van der Waals surface area contributed by atoms with Crippen molar-refractivity contribution in [2.24, 2.45) is 0 Å². The van der Waals surface area contributed by atoms with Crippen molar-refractivity contribution in [2.75, 3.05) is 11.1 Å². The summed E-state index contributed by atoms with van der Waals surface area (Å²) in [6, 6.07) is 16.4. The predicted octanol–water partition coefficient (Wildman–Crippen LogP) is 4.28. The highest BCUT2D eigenvalue weighted by Crippen LogP contribution is 2.38. The number of allylic oxidation sites excluding steroid dienone is 1. The lowest BCUT2D eigenvalue weighted by Crippen LogP contribution is -2.06. The Morgan fingerprint density at radius 2 is 1.97 bits per heavy atom. The van der Waals surface area contributed by atoms with E-state index in [-0.39, 0.29) is 5.95 Å². The summed E-state index contributed by atoms with van der Waals surface area (Å²) in [5.41, 5.74) is 7.66. The van der Waals surface area contributed by atoms with E-state index in [0.717, 1.165) is 18.4 Å². The zero-order chi connectivity index (χ0) is 20.9. The zero-order valence-corrected chi connectivity index (χ0v) is 15.9. The number of aromatic nitrogens is 3. The van der Waals surface area contributed by atoms with E-state index in [4.69, 9.17) is 15.7 Å². The monoisotopic (exact) mass is 395 g/mol. The van der Waals surface area contributed by atoms with Crippen molar-refractivity contribution in [3.8, 4) is 23.6 Å². The molecule has 8 heteroatoms. The van der Waals surface area contributed by atoms with E-state index >= 15 is 0 Å². The summed E-state index contributed by atoms with van der Waals surface area (Å²) >= 11 is 0. The van der Waals surface area contributed by atoms with Gasteiger partial charge in [-0.25, -0.2) is 0 Å². The Balaban J connectivity index is 1.59. The van der Waals surface area contributed by atoms with Crippen LogP contribution >= 0.6 is 0 Å². The fourth-order valence-electron chi connectivity index (χ4n) is 2.84. The third-order valence-corrected chi connectivity index (χ3v) is 4.41. The summed E-state index contributed by atoms with van der Waals surface area (Å²) in [6.45, 7) is 0. The molecule has 0 saturated heterocycles. The van der Waals surface area contributed by atoms with Gasteiger partial charge in [-0.3, -0.25) is 0 Å². The molecule has 0 radical (unpaired) electrons. The minimum Gasteiger partial charge on any atom is -0.456 e. The Morgan fingerprint density at radius 3 is 2.73 bits per heavy atom. The van der Waals surface area contributed by atoms with Crippen LogP contribution in [0.3, 0.4) is 0 Å². The summed E-state index contributed by atoms with van der Waals surface area (Å²) in [5.74, 6) is 2.48. The average Bonchev–Trinajstić information content (AvgIpc) is 3.58. The van der Waals surface area contributed by atoms with Gasteiger partial charge in [0.25, 0.3) is 0 Å². The molecule has 0 spiro atoms. The van der Waals surface area contributed by atoms with E-state index in [2.05, 4.69) is 26.3 Å². The molecule has 0 bridgehead atoms. The summed E-state index contributed by atoms with van der Waals surface area (Å²) in [5, 5.41) is 21.2. The second kappa shape index (κ2) is 8.29. The Bertz CT molecular complexity index is 1200. The lowest BCUT2D eigenvalue weighted by Gasteiger charge is -2.11. The smallest absolute Gasteiger partial charge is 0.232 e. The van der Waals surface area contributed by atoms with Crippen molar-refractivity contribution in [2.45, 2.75) is 18.8 Å². The normalized spacial score (nSPS) is 12.9. The molecule has 2 aromatic carbocycles. The maximum atomic E-state index is 9.44. The van der Waals surface area contributed by atoms with Crippen molar-refractivity contribution >= 4 is 23.7 Å². The molecule has 1 saturated carbocycles. The first-order valence-electron chi connectivity index (χ1n) is 9.31. The predicted molar refractivity (Wildman–Crippen MR) is 112 cm³/mol. The molecule has 0 aliphatic heterocycles. The number of ether oxygens (including phenoxy) is 1. The molecule has 1 heterocycles. The number of benzene rings is 2. The largest absolute Gasteiger partial charge is 0.456 e. The van der Waals surface area contributed by atoms with Gasteiger partial charge in [0.15, 0.2) is 0 Å². The molecule has 1 aliphatic carbocycles. The number of nitrogens with two attached hydrogens (primary N) is 1. The number of rotatable bonds is 6. The molecule has 146 valence electrons. The Hall–Kier alpha value is -4.43. The van der Waals surface area contributed by atoms with Gasteiger partial charge >= 0.3 is 0 Å². The van der Waals surface area contributed by atoms with Gasteiger partial charge in [0.05, 0.1) is 11.6 Å². The SMILES string of the molecule is N#C/C=C/c1cccc(Oc2cc(Nc3nc(N)nc(C4CC4)n3)ccc2C#N)c1. The van der Waals surface area contributed by atoms with Crippen molar-refractivity contribution in [3.05, 3.63) is 65.5 Å². The molecule has 0 unspecified atom stereocenters. The van der Waals surface area contributed by atoms with Crippen molar-refractivity contribution in [1.82, 2.24) is 15.0 Å². The minimum absolute atomic E-state index is 0.168. The number of nitrogen functional groups attached to an aromatic ring is 1. The highest BCUT2D eigenvalue weighted by molar-refractivity contribution is 5.61. The van der Waals surface area contributed by atoms with Crippen LogP contribution < -0.4 is 15.8 Å². The van der Waals surface area contributed by atoms with Gasteiger partial charge in [0.2, 0.25) is 11.9 Å². The summed E-state index contributed by atoms with van der Waals surface area (Å²) < 4.78 is 5.94. The number of hydrogen-bond acceptors (Lipinski definition) is 8. The molecule has 0 amide bonds. The topological polar surface area (TPSA) is 134 Å². The number of anilines is 3. The molecule has 1 fully saturated rings. The average molecular weight is 395 g/mol. The van der Waals surface area contributed by atoms with E-state index in [1.54, 1.807) is 36.4 Å². The molecule has 1 aromatic heterocycles. The van der Waals surface area contributed by atoms with Crippen LogP contribution in [0.25, 0.3) is 6.08 Å². The fourth-order valence-corrected chi connectivity index (χ4v) is 2.84. The number of nitrogens with one attached hydrogen (secondary N) is 1. The van der Waals surface area contributed by atoms with E-state index in [1.165, 1.54) is 6.08 Å². The third kappa shape index (κ3) is 4.51. The summed E-state index contributed by atoms with van der Waals surface area (Å²) in [4.78, 5) is 12.8. The van der Waals surface area contributed by atoms with Gasteiger partial charge in [-0.05, 0) is 48.7 Å². The van der Waals surface area contributed by atoms with Gasteiger partial charge in [-0.2, -0.15) is 25.5 Å². The van der Waals surface area contributed by atoms with Gasteiger partial charge < -0.3 is 15.8 Å². The van der Waals surface area contributed by atoms with Crippen molar-refractivity contribution in [3.63, 3.8) is 0 Å². The molecule has 30 heavy (non-hydrogen) atoms. The van der Waals surface area contributed by atoms with E-state index in [0.29, 0.717) is 40.4 Å². The Kier molecular flexibility index (Phi) is 5.23. The third-order valence-electron chi connectivity index (χ3n) is 4.41. The fraction of sp³-hybridized carbons (Fsp3) is 0.136. The highest BCUT2D eigenvalue weighted by Gasteiger charge is 2.27. The molecule has 3 aromatic rings. The van der Waals surface area contributed by atoms with Crippen LogP contribution in [0, 0.1) is 22.7 Å². The quantitative estimate of drug-likeness (QED) is 0.591. The molecule has 8 nitrogen and oxygen atoms in total. The number of nitriles is 2. The maximum Gasteiger partial charge on any atom is 0.232 e. The van der Waals surface area contributed by atoms with E-state index < -0.39 is 0 Å². The Labute approximate surface area is 173 Å². The molecule has 0 atom stereocenters. The van der Waals surface area contributed by atoms with Gasteiger partial charge in [0, 0.05) is 23.7 Å². The minimum atomic E-state index is 0.168. The summed E-state index contributed by atoms with van der Waals surface area (Å²) in [7, 11) is 0. The van der Waals surface area contributed by atoms with Gasteiger partial charge in [0.1, 0.15) is 23.4 Å². The van der Waals surface area contributed by atoms with Crippen LogP contribution in [0.15, 0.2) is 48.5 Å². The van der Waals surface area contributed by atoms with E-state index in [1.807, 2.05) is 18.2 Å². The van der Waals surface area contributed by atoms with Crippen molar-refractivity contribution in [1.29, 1.82) is 10.5 Å². The lowest BCUT2D eigenvalue weighted by molar-refractivity contribution is 0.481. The first kappa shape index (κ1) is 18.9. The van der Waals surface area contributed by atoms with Crippen molar-refractivity contribution < 1.29 is 4.74 Å². The highest BCUT2D eigenvalue weighted by atomic mass is 16.5. The zero-order valence-electron chi connectivity index (χ0n) is 15.9. The summed E-state index contributed by atoms with van der Waals surface area (Å²) in [6.07, 6.45) is 5.18. The molecule has 4 rings (SSSR count). The van der Waals surface area contributed by atoms with Crippen LogP contribution in [0.5, 0.6) is 11.5 Å².